The zero-order valence-electron chi connectivity index (χ0n) is 13.6. The molecule has 0 aliphatic rings. The molecular formula is C14H30N4OS. The van der Waals surface area contributed by atoms with Crippen LogP contribution in [0.4, 0.5) is 0 Å². The number of hydrogen-bond acceptors (Lipinski definition) is 3. The van der Waals surface area contributed by atoms with E-state index < -0.39 is 0 Å². The number of hydrogen-bond donors (Lipinski definition) is 1. The summed E-state index contributed by atoms with van der Waals surface area (Å²) < 4.78 is 0. The molecule has 0 bridgehead atoms. The van der Waals surface area contributed by atoms with Gasteiger partial charge in [0.1, 0.15) is 0 Å². The maximum atomic E-state index is 12.1. The van der Waals surface area contributed by atoms with Crippen LogP contribution in [0, 0.1) is 0 Å². The number of amides is 1. The number of aliphatic imine (C=N–C) groups is 1. The van der Waals surface area contributed by atoms with Crippen LogP contribution in [0.2, 0.25) is 0 Å². The third-order valence-corrected chi connectivity index (χ3v) is 3.65. The van der Waals surface area contributed by atoms with E-state index in [-0.39, 0.29) is 5.91 Å². The SMILES string of the molecule is CCNC(=NCCCSC)N(C)CC(=O)N(CC)CC. The highest BCUT2D eigenvalue weighted by molar-refractivity contribution is 7.98. The Morgan fingerprint density at radius 2 is 1.90 bits per heavy atom. The minimum absolute atomic E-state index is 0.146. The molecule has 0 aromatic rings. The zero-order valence-corrected chi connectivity index (χ0v) is 14.4. The van der Waals surface area contributed by atoms with E-state index in [1.807, 2.05) is 49.4 Å². The minimum atomic E-state index is 0.146. The summed E-state index contributed by atoms with van der Waals surface area (Å²) in [6.45, 7) is 9.53. The molecule has 118 valence electrons. The fourth-order valence-electron chi connectivity index (χ4n) is 1.82. The molecule has 20 heavy (non-hydrogen) atoms. The fraction of sp³-hybridized carbons (Fsp3) is 0.857. The molecular weight excluding hydrogens is 272 g/mol. The molecule has 0 saturated carbocycles. The van der Waals surface area contributed by atoms with Crippen LogP contribution in [-0.4, -0.2) is 73.4 Å². The van der Waals surface area contributed by atoms with Crippen molar-refractivity contribution < 1.29 is 4.79 Å². The summed E-state index contributed by atoms with van der Waals surface area (Å²) in [6.07, 6.45) is 3.16. The number of nitrogens with one attached hydrogen (secondary N) is 1. The summed E-state index contributed by atoms with van der Waals surface area (Å²) in [6, 6.07) is 0. The van der Waals surface area contributed by atoms with Crippen molar-refractivity contribution in [2.45, 2.75) is 27.2 Å². The number of carbonyl (C=O) groups is 1. The van der Waals surface area contributed by atoms with Crippen LogP contribution in [-0.2, 0) is 4.79 Å². The van der Waals surface area contributed by atoms with Crippen molar-refractivity contribution in [2.24, 2.45) is 4.99 Å². The van der Waals surface area contributed by atoms with E-state index in [1.165, 1.54) is 0 Å². The second kappa shape index (κ2) is 11.9. The van der Waals surface area contributed by atoms with Crippen molar-refractivity contribution in [1.82, 2.24) is 15.1 Å². The predicted octanol–water partition coefficient (Wildman–Crippen LogP) is 1.51. The monoisotopic (exact) mass is 302 g/mol. The second-order valence-corrected chi connectivity index (χ2v) is 5.49. The molecule has 0 radical (unpaired) electrons. The predicted molar refractivity (Wildman–Crippen MR) is 89.5 cm³/mol. The Morgan fingerprint density at radius 3 is 2.40 bits per heavy atom. The van der Waals surface area contributed by atoms with Gasteiger partial charge in [-0.05, 0) is 39.2 Å². The van der Waals surface area contributed by atoms with Crippen molar-refractivity contribution in [1.29, 1.82) is 0 Å². The molecule has 0 spiro atoms. The van der Waals surface area contributed by atoms with Crippen molar-refractivity contribution >= 4 is 23.6 Å². The lowest BCUT2D eigenvalue weighted by Gasteiger charge is -2.25. The van der Waals surface area contributed by atoms with Gasteiger partial charge >= 0.3 is 0 Å². The first kappa shape index (κ1) is 19.1. The highest BCUT2D eigenvalue weighted by Crippen LogP contribution is 1.97. The van der Waals surface area contributed by atoms with Crippen LogP contribution in [0.25, 0.3) is 0 Å². The van der Waals surface area contributed by atoms with E-state index in [1.54, 1.807) is 0 Å². The fourth-order valence-corrected chi connectivity index (χ4v) is 2.24. The van der Waals surface area contributed by atoms with Gasteiger partial charge in [-0.3, -0.25) is 9.79 Å². The maximum Gasteiger partial charge on any atom is 0.242 e. The van der Waals surface area contributed by atoms with Gasteiger partial charge in [0.25, 0.3) is 0 Å². The third-order valence-electron chi connectivity index (χ3n) is 2.95. The van der Waals surface area contributed by atoms with Crippen LogP contribution in [0.3, 0.4) is 0 Å². The van der Waals surface area contributed by atoms with E-state index in [4.69, 9.17) is 0 Å². The van der Waals surface area contributed by atoms with E-state index in [2.05, 4.69) is 16.6 Å². The molecule has 0 aromatic heterocycles. The minimum Gasteiger partial charge on any atom is -0.357 e. The lowest BCUT2D eigenvalue weighted by molar-refractivity contribution is -0.131. The molecule has 0 rings (SSSR count). The average molecular weight is 302 g/mol. The number of thioether (sulfide) groups is 1. The summed E-state index contributed by atoms with van der Waals surface area (Å²) in [5.41, 5.74) is 0. The average Bonchev–Trinajstić information content (AvgIpc) is 2.43. The topological polar surface area (TPSA) is 47.9 Å². The van der Waals surface area contributed by atoms with Gasteiger partial charge in [-0.25, -0.2) is 0 Å². The van der Waals surface area contributed by atoms with Crippen molar-refractivity contribution in [3.63, 3.8) is 0 Å². The summed E-state index contributed by atoms with van der Waals surface area (Å²) in [7, 11) is 1.91. The Morgan fingerprint density at radius 1 is 1.25 bits per heavy atom. The Kier molecular flexibility index (Phi) is 11.3. The number of guanidine groups is 1. The molecule has 0 aliphatic carbocycles. The van der Waals surface area contributed by atoms with Crippen molar-refractivity contribution in [2.75, 3.05) is 51.8 Å². The van der Waals surface area contributed by atoms with Gasteiger partial charge in [0, 0.05) is 33.2 Å². The summed E-state index contributed by atoms with van der Waals surface area (Å²) in [4.78, 5) is 20.4. The van der Waals surface area contributed by atoms with Crippen LogP contribution >= 0.6 is 11.8 Å². The highest BCUT2D eigenvalue weighted by atomic mass is 32.2. The first-order valence-corrected chi connectivity index (χ1v) is 8.76. The molecule has 0 saturated heterocycles. The van der Waals surface area contributed by atoms with Crippen LogP contribution < -0.4 is 5.32 Å². The van der Waals surface area contributed by atoms with E-state index >= 15 is 0 Å². The van der Waals surface area contributed by atoms with Gasteiger partial charge < -0.3 is 15.1 Å². The Bertz CT molecular complexity index is 293. The van der Waals surface area contributed by atoms with Crippen LogP contribution in [0.15, 0.2) is 4.99 Å². The van der Waals surface area contributed by atoms with Gasteiger partial charge in [0.05, 0.1) is 6.54 Å². The van der Waals surface area contributed by atoms with E-state index in [0.29, 0.717) is 6.54 Å². The maximum absolute atomic E-state index is 12.1. The van der Waals surface area contributed by atoms with Crippen LogP contribution in [0.1, 0.15) is 27.2 Å². The summed E-state index contributed by atoms with van der Waals surface area (Å²) in [5, 5.41) is 3.24. The third kappa shape index (κ3) is 7.62. The molecule has 0 atom stereocenters. The quantitative estimate of drug-likeness (QED) is 0.398. The molecule has 0 aromatic carbocycles. The lowest BCUT2D eigenvalue weighted by atomic mass is 10.4. The molecule has 0 aliphatic heterocycles. The second-order valence-electron chi connectivity index (χ2n) is 4.50. The van der Waals surface area contributed by atoms with Crippen molar-refractivity contribution in [3.05, 3.63) is 0 Å². The molecule has 0 fully saturated rings. The smallest absolute Gasteiger partial charge is 0.242 e. The van der Waals surface area contributed by atoms with Crippen LogP contribution in [0.5, 0.6) is 0 Å². The number of nitrogens with zero attached hydrogens (tertiary/aromatic N) is 3. The molecule has 1 amide bonds. The van der Waals surface area contributed by atoms with Gasteiger partial charge in [0.2, 0.25) is 5.91 Å². The van der Waals surface area contributed by atoms with E-state index in [0.717, 1.165) is 44.3 Å². The Balaban J connectivity index is 4.47. The standard InChI is InChI=1S/C14H30N4OS/c1-6-15-14(16-10-9-11-20-5)17(4)12-13(19)18(7-2)8-3/h6-12H2,1-5H3,(H,15,16). The number of carbonyl (C=O) groups excluding carboxylic acids is 1. The van der Waals surface area contributed by atoms with Gasteiger partial charge in [-0.1, -0.05) is 0 Å². The molecule has 1 N–H and O–H groups in total. The zero-order chi connectivity index (χ0) is 15.4. The molecule has 5 nitrogen and oxygen atoms in total. The first-order valence-electron chi connectivity index (χ1n) is 7.36. The Hall–Kier alpha value is -0.910. The molecule has 0 unspecified atom stereocenters. The van der Waals surface area contributed by atoms with Crippen molar-refractivity contribution in [3.8, 4) is 0 Å². The molecule has 0 heterocycles. The summed E-state index contributed by atoms with van der Waals surface area (Å²) >= 11 is 1.83. The Labute approximate surface area is 128 Å². The van der Waals surface area contributed by atoms with Gasteiger partial charge in [-0.2, -0.15) is 11.8 Å². The number of likely N-dealkylation sites (N-methyl/N-ethyl adjacent to an activating group) is 2. The van der Waals surface area contributed by atoms with E-state index in [9.17, 15) is 4.79 Å². The molecule has 6 heteroatoms. The largest absolute Gasteiger partial charge is 0.357 e. The lowest BCUT2D eigenvalue weighted by Crippen LogP contribution is -2.45. The van der Waals surface area contributed by atoms with Gasteiger partial charge in [0.15, 0.2) is 5.96 Å². The summed E-state index contributed by atoms with van der Waals surface area (Å²) in [5.74, 6) is 2.08. The normalized spacial score (nSPS) is 11.3. The van der Waals surface area contributed by atoms with Gasteiger partial charge in [-0.15, -0.1) is 0 Å². The first-order chi connectivity index (χ1) is 9.60. The number of rotatable bonds is 9. The highest BCUT2D eigenvalue weighted by Gasteiger charge is 2.14.